The van der Waals surface area contributed by atoms with Crippen LogP contribution in [0, 0.1) is 13.8 Å². The number of furan rings is 1. The highest BCUT2D eigenvalue weighted by atomic mass is 16.5. The summed E-state index contributed by atoms with van der Waals surface area (Å²) < 4.78 is 16.2. The molecule has 0 saturated carbocycles. The van der Waals surface area contributed by atoms with E-state index in [4.69, 9.17) is 13.9 Å². The van der Waals surface area contributed by atoms with Gasteiger partial charge in [-0.1, -0.05) is 6.07 Å². The standard InChI is InChI=1S/C25H23NO6/c1-14-7-8-16(12-15(14)2)26-22(20-6-5-11-32-20)21(24(28)25(26)29)23(27)18-13-17(30-3)9-10-19(18)31-4/h5-13,22,27H,1-4H3/b23-21-. The molecule has 1 fully saturated rings. The number of Topliss-reactive ketones (excluding diaryl/α,β-unsaturated/α-hetero) is 1. The molecule has 0 bridgehead atoms. The molecule has 1 N–H and O–H groups in total. The number of aliphatic hydroxyl groups excluding tert-OH is 1. The van der Waals surface area contributed by atoms with E-state index in [2.05, 4.69) is 0 Å². The number of anilines is 1. The summed E-state index contributed by atoms with van der Waals surface area (Å²) in [5, 5.41) is 11.3. The lowest BCUT2D eigenvalue weighted by Crippen LogP contribution is -2.29. The Morgan fingerprint density at radius 3 is 2.41 bits per heavy atom. The van der Waals surface area contributed by atoms with Crippen LogP contribution < -0.4 is 14.4 Å². The van der Waals surface area contributed by atoms with E-state index in [1.54, 1.807) is 36.4 Å². The minimum Gasteiger partial charge on any atom is -0.507 e. The lowest BCUT2D eigenvalue weighted by Gasteiger charge is -2.24. The molecule has 1 aliphatic heterocycles. The third-order valence-electron chi connectivity index (χ3n) is 5.69. The fraction of sp³-hybridized carbons (Fsp3) is 0.200. The van der Waals surface area contributed by atoms with Gasteiger partial charge in [0.05, 0.1) is 31.6 Å². The average molecular weight is 433 g/mol. The van der Waals surface area contributed by atoms with Gasteiger partial charge in [0.2, 0.25) is 0 Å². The number of nitrogens with zero attached hydrogens (tertiary/aromatic N) is 1. The Kier molecular flexibility index (Phi) is 5.48. The van der Waals surface area contributed by atoms with Gasteiger partial charge in [-0.05, 0) is 67.4 Å². The molecule has 4 rings (SSSR count). The van der Waals surface area contributed by atoms with Crippen LogP contribution >= 0.6 is 0 Å². The molecule has 2 heterocycles. The van der Waals surface area contributed by atoms with Crippen molar-refractivity contribution in [1.82, 2.24) is 0 Å². The van der Waals surface area contributed by atoms with E-state index in [1.165, 1.54) is 25.4 Å². The van der Waals surface area contributed by atoms with Gasteiger partial charge in [-0.25, -0.2) is 0 Å². The Morgan fingerprint density at radius 1 is 1.00 bits per heavy atom. The first-order valence-corrected chi connectivity index (χ1v) is 10.0. The zero-order valence-corrected chi connectivity index (χ0v) is 18.2. The summed E-state index contributed by atoms with van der Waals surface area (Å²) in [6.45, 7) is 3.89. The molecule has 7 nitrogen and oxygen atoms in total. The highest BCUT2D eigenvalue weighted by Crippen LogP contribution is 2.44. The number of carbonyl (C=O) groups is 2. The maximum absolute atomic E-state index is 13.2. The van der Waals surface area contributed by atoms with Crippen molar-refractivity contribution in [2.24, 2.45) is 0 Å². The summed E-state index contributed by atoms with van der Waals surface area (Å²) >= 11 is 0. The summed E-state index contributed by atoms with van der Waals surface area (Å²) in [5.41, 5.74) is 2.71. The molecule has 0 radical (unpaired) electrons. The third-order valence-corrected chi connectivity index (χ3v) is 5.69. The van der Waals surface area contributed by atoms with Gasteiger partial charge in [0.15, 0.2) is 0 Å². The van der Waals surface area contributed by atoms with Crippen LogP contribution in [0.4, 0.5) is 5.69 Å². The summed E-state index contributed by atoms with van der Waals surface area (Å²) in [6.07, 6.45) is 1.46. The molecule has 0 aliphatic carbocycles. The van der Waals surface area contributed by atoms with Crippen molar-refractivity contribution >= 4 is 23.1 Å². The van der Waals surface area contributed by atoms with Crippen molar-refractivity contribution in [2.75, 3.05) is 19.1 Å². The zero-order valence-electron chi connectivity index (χ0n) is 18.2. The van der Waals surface area contributed by atoms with Crippen LogP contribution in [0.15, 0.2) is 64.8 Å². The molecule has 1 unspecified atom stereocenters. The molecule has 7 heteroatoms. The molecular formula is C25H23NO6. The Hall–Kier alpha value is -4.00. The first-order valence-electron chi connectivity index (χ1n) is 10.0. The second-order valence-electron chi connectivity index (χ2n) is 7.52. The van der Waals surface area contributed by atoms with E-state index < -0.39 is 17.7 Å². The summed E-state index contributed by atoms with van der Waals surface area (Å²) in [7, 11) is 2.95. The number of rotatable bonds is 5. The number of ketones is 1. The Balaban J connectivity index is 1.96. The molecular weight excluding hydrogens is 410 g/mol. The van der Waals surface area contributed by atoms with Crippen LogP contribution in [0.1, 0.15) is 28.5 Å². The quantitative estimate of drug-likeness (QED) is 0.361. The average Bonchev–Trinajstić information content (AvgIpc) is 3.42. The molecule has 1 saturated heterocycles. The predicted octanol–water partition coefficient (Wildman–Crippen LogP) is 4.54. The lowest BCUT2D eigenvalue weighted by molar-refractivity contribution is -0.132. The van der Waals surface area contributed by atoms with Gasteiger partial charge in [-0.2, -0.15) is 0 Å². The second kappa shape index (κ2) is 8.26. The number of benzene rings is 2. The number of amides is 1. The SMILES string of the molecule is COc1ccc(OC)c(/C(O)=C2/C(=O)C(=O)N(c3ccc(C)c(C)c3)C2c2ccco2)c1. The van der Waals surface area contributed by atoms with E-state index in [9.17, 15) is 14.7 Å². The minimum atomic E-state index is -0.942. The van der Waals surface area contributed by atoms with Gasteiger partial charge in [-0.15, -0.1) is 0 Å². The largest absolute Gasteiger partial charge is 0.507 e. The molecule has 1 aromatic heterocycles. The molecule has 1 atom stereocenters. The number of hydrogen-bond acceptors (Lipinski definition) is 6. The van der Waals surface area contributed by atoms with E-state index in [0.717, 1.165) is 11.1 Å². The number of methoxy groups -OCH3 is 2. The van der Waals surface area contributed by atoms with Gasteiger partial charge >= 0.3 is 0 Å². The summed E-state index contributed by atoms with van der Waals surface area (Å²) in [6, 6.07) is 12.7. The fourth-order valence-corrected chi connectivity index (χ4v) is 3.83. The highest BCUT2D eigenvalue weighted by Gasteiger charge is 2.48. The normalized spacial score (nSPS) is 17.6. The number of aryl methyl sites for hydroxylation is 2. The Labute approximate surface area is 185 Å². The molecule has 164 valence electrons. The van der Waals surface area contributed by atoms with E-state index in [1.807, 2.05) is 26.0 Å². The van der Waals surface area contributed by atoms with Crippen LogP contribution in [0.5, 0.6) is 11.5 Å². The fourth-order valence-electron chi connectivity index (χ4n) is 3.83. The van der Waals surface area contributed by atoms with Gasteiger partial charge in [0, 0.05) is 5.69 Å². The monoisotopic (exact) mass is 433 g/mol. The number of ether oxygens (including phenoxy) is 2. The van der Waals surface area contributed by atoms with Crippen molar-refractivity contribution in [3.8, 4) is 11.5 Å². The third kappa shape index (κ3) is 3.41. The summed E-state index contributed by atoms with van der Waals surface area (Å²) in [5.74, 6) is -0.785. The maximum Gasteiger partial charge on any atom is 0.300 e. The van der Waals surface area contributed by atoms with E-state index >= 15 is 0 Å². The van der Waals surface area contributed by atoms with Crippen molar-refractivity contribution in [1.29, 1.82) is 0 Å². The molecule has 3 aromatic rings. The first-order chi connectivity index (χ1) is 15.4. The maximum atomic E-state index is 13.2. The van der Waals surface area contributed by atoms with Crippen LogP contribution in [0.3, 0.4) is 0 Å². The highest BCUT2D eigenvalue weighted by molar-refractivity contribution is 6.51. The van der Waals surface area contributed by atoms with Crippen LogP contribution in [-0.2, 0) is 9.59 Å². The van der Waals surface area contributed by atoms with Crippen molar-refractivity contribution in [3.63, 3.8) is 0 Å². The first kappa shape index (κ1) is 21.2. The van der Waals surface area contributed by atoms with Gasteiger partial charge < -0.3 is 19.0 Å². The lowest BCUT2D eigenvalue weighted by atomic mass is 9.98. The zero-order chi connectivity index (χ0) is 23.0. The molecule has 1 aliphatic rings. The van der Waals surface area contributed by atoms with E-state index in [-0.39, 0.29) is 16.9 Å². The number of aliphatic hydroxyl groups is 1. The van der Waals surface area contributed by atoms with Crippen molar-refractivity contribution in [2.45, 2.75) is 19.9 Å². The van der Waals surface area contributed by atoms with Gasteiger partial charge in [0.25, 0.3) is 11.7 Å². The molecule has 2 aromatic carbocycles. The van der Waals surface area contributed by atoms with Gasteiger partial charge in [0.1, 0.15) is 29.1 Å². The number of hydrogen-bond donors (Lipinski definition) is 1. The molecule has 1 amide bonds. The van der Waals surface area contributed by atoms with E-state index in [0.29, 0.717) is 22.9 Å². The predicted molar refractivity (Wildman–Crippen MR) is 119 cm³/mol. The van der Waals surface area contributed by atoms with Crippen LogP contribution in [0.2, 0.25) is 0 Å². The molecule has 0 spiro atoms. The van der Waals surface area contributed by atoms with Crippen molar-refractivity contribution in [3.05, 3.63) is 82.8 Å². The van der Waals surface area contributed by atoms with Crippen LogP contribution in [0.25, 0.3) is 5.76 Å². The summed E-state index contributed by atoms with van der Waals surface area (Å²) in [4.78, 5) is 27.7. The Bertz CT molecular complexity index is 1230. The molecule has 32 heavy (non-hydrogen) atoms. The second-order valence-corrected chi connectivity index (χ2v) is 7.52. The number of carbonyl (C=O) groups excluding carboxylic acids is 2. The Morgan fingerprint density at radius 2 is 1.78 bits per heavy atom. The minimum absolute atomic E-state index is 0.0882. The smallest absolute Gasteiger partial charge is 0.300 e. The van der Waals surface area contributed by atoms with Gasteiger partial charge in [-0.3, -0.25) is 14.5 Å². The van der Waals surface area contributed by atoms with Crippen LogP contribution in [-0.4, -0.2) is 31.0 Å². The topological polar surface area (TPSA) is 89.2 Å². The van der Waals surface area contributed by atoms with Crippen molar-refractivity contribution < 1.29 is 28.6 Å².